The van der Waals surface area contributed by atoms with Gasteiger partial charge in [0.25, 0.3) is 0 Å². The second-order valence-corrected chi connectivity index (χ2v) is 4.22. The molecule has 5 nitrogen and oxygen atoms in total. The predicted octanol–water partition coefficient (Wildman–Crippen LogP) is 2.70. The van der Waals surface area contributed by atoms with Gasteiger partial charge in [0, 0.05) is 12.5 Å². The number of rotatable bonds is 5. The second-order valence-electron chi connectivity index (χ2n) is 4.22. The molecule has 1 heterocycles. The molecule has 0 aliphatic rings. The highest BCUT2D eigenvalue weighted by molar-refractivity contribution is 5.92. The zero-order valence-electron chi connectivity index (χ0n) is 10.9. The van der Waals surface area contributed by atoms with Crippen LogP contribution in [0.3, 0.4) is 0 Å². The van der Waals surface area contributed by atoms with E-state index in [9.17, 15) is 9.59 Å². The second kappa shape index (κ2) is 5.97. The van der Waals surface area contributed by atoms with E-state index in [0.717, 1.165) is 0 Å². The van der Waals surface area contributed by atoms with Crippen LogP contribution in [0.5, 0.6) is 11.5 Å². The number of nitrogens with zero attached hydrogens (tertiary/aromatic N) is 1. The zero-order valence-corrected chi connectivity index (χ0v) is 10.9. The van der Waals surface area contributed by atoms with Gasteiger partial charge in [-0.15, -0.1) is 0 Å². The Kier molecular flexibility index (Phi) is 4.10. The summed E-state index contributed by atoms with van der Waals surface area (Å²) in [7, 11) is 0. The van der Waals surface area contributed by atoms with Crippen LogP contribution in [0, 0.1) is 0 Å². The molecule has 102 valence electrons. The van der Waals surface area contributed by atoms with E-state index in [-0.39, 0.29) is 12.2 Å². The van der Waals surface area contributed by atoms with Crippen molar-refractivity contribution in [3.63, 3.8) is 0 Å². The Morgan fingerprint density at radius 1 is 1.20 bits per heavy atom. The SMILES string of the molecule is CC(=O)c1ccc(Oc2ccccc2CC(=O)O)cn1. The van der Waals surface area contributed by atoms with Crippen LogP contribution in [0.1, 0.15) is 23.0 Å². The average Bonchev–Trinajstić information content (AvgIpc) is 2.41. The van der Waals surface area contributed by atoms with Crippen molar-refractivity contribution in [2.45, 2.75) is 13.3 Å². The molecule has 20 heavy (non-hydrogen) atoms. The van der Waals surface area contributed by atoms with E-state index in [1.807, 2.05) is 0 Å². The van der Waals surface area contributed by atoms with E-state index in [2.05, 4.69) is 4.98 Å². The summed E-state index contributed by atoms with van der Waals surface area (Å²) in [5.41, 5.74) is 0.937. The van der Waals surface area contributed by atoms with Gasteiger partial charge in [-0.1, -0.05) is 18.2 Å². The van der Waals surface area contributed by atoms with Crippen LogP contribution in [0.25, 0.3) is 0 Å². The fraction of sp³-hybridized carbons (Fsp3) is 0.133. The van der Waals surface area contributed by atoms with Crippen molar-refractivity contribution in [2.24, 2.45) is 0 Å². The van der Waals surface area contributed by atoms with Gasteiger partial charge in [-0.3, -0.25) is 9.59 Å². The van der Waals surface area contributed by atoms with E-state index < -0.39 is 5.97 Å². The summed E-state index contributed by atoms with van der Waals surface area (Å²) in [4.78, 5) is 25.9. The summed E-state index contributed by atoms with van der Waals surface area (Å²) in [6, 6.07) is 10.1. The number of carbonyl (C=O) groups is 2. The lowest BCUT2D eigenvalue weighted by Crippen LogP contribution is -2.02. The molecule has 0 aliphatic carbocycles. The summed E-state index contributed by atoms with van der Waals surface area (Å²) in [5.74, 6) is -0.131. The van der Waals surface area contributed by atoms with Crippen molar-refractivity contribution in [1.29, 1.82) is 0 Å². The Hall–Kier alpha value is -2.69. The van der Waals surface area contributed by atoms with Gasteiger partial charge in [-0.2, -0.15) is 0 Å². The third-order valence-electron chi connectivity index (χ3n) is 2.64. The molecule has 0 spiro atoms. The molecule has 0 amide bonds. The minimum atomic E-state index is -0.925. The molecule has 1 N–H and O–H groups in total. The molecule has 0 bridgehead atoms. The van der Waals surface area contributed by atoms with E-state index >= 15 is 0 Å². The first-order valence-corrected chi connectivity index (χ1v) is 6.01. The molecule has 5 heteroatoms. The van der Waals surface area contributed by atoms with Gasteiger partial charge in [-0.25, -0.2) is 4.98 Å². The Labute approximate surface area is 115 Å². The first-order chi connectivity index (χ1) is 9.56. The lowest BCUT2D eigenvalue weighted by atomic mass is 10.1. The number of benzene rings is 1. The molecule has 0 saturated carbocycles. The first-order valence-electron chi connectivity index (χ1n) is 6.01. The largest absolute Gasteiger partial charge is 0.481 e. The van der Waals surface area contributed by atoms with E-state index in [1.54, 1.807) is 36.4 Å². The standard InChI is InChI=1S/C15H13NO4/c1-10(17)13-7-6-12(9-16-13)20-14-5-3-2-4-11(14)8-15(18)19/h2-7,9H,8H2,1H3,(H,18,19). The van der Waals surface area contributed by atoms with Crippen molar-refractivity contribution in [3.8, 4) is 11.5 Å². The van der Waals surface area contributed by atoms with Gasteiger partial charge < -0.3 is 9.84 Å². The van der Waals surface area contributed by atoms with Crippen LogP contribution in [0.2, 0.25) is 0 Å². The zero-order chi connectivity index (χ0) is 14.5. The summed E-state index contributed by atoms with van der Waals surface area (Å²) >= 11 is 0. The molecular formula is C15H13NO4. The lowest BCUT2D eigenvalue weighted by molar-refractivity contribution is -0.136. The topological polar surface area (TPSA) is 76.5 Å². The number of ketones is 1. The Balaban J connectivity index is 2.21. The molecule has 0 aliphatic heterocycles. The van der Waals surface area contributed by atoms with Gasteiger partial charge in [0.2, 0.25) is 0 Å². The number of hydrogen-bond donors (Lipinski definition) is 1. The van der Waals surface area contributed by atoms with Crippen LogP contribution in [-0.4, -0.2) is 21.8 Å². The molecule has 1 aromatic heterocycles. The maximum atomic E-state index is 11.1. The monoisotopic (exact) mass is 271 g/mol. The number of pyridine rings is 1. The van der Waals surface area contributed by atoms with Gasteiger partial charge in [0.05, 0.1) is 12.6 Å². The van der Waals surface area contributed by atoms with E-state index in [4.69, 9.17) is 9.84 Å². The fourth-order valence-electron chi connectivity index (χ4n) is 1.69. The molecule has 0 radical (unpaired) electrons. The van der Waals surface area contributed by atoms with Gasteiger partial charge in [0.1, 0.15) is 17.2 Å². The quantitative estimate of drug-likeness (QED) is 0.846. The van der Waals surface area contributed by atoms with Crippen LogP contribution >= 0.6 is 0 Å². The fourth-order valence-corrected chi connectivity index (χ4v) is 1.69. The maximum Gasteiger partial charge on any atom is 0.307 e. The Morgan fingerprint density at radius 2 is 1.95 bits per heavy atom. The number of aromatic nitrogens is 1. The van der Waals surface area contributed by atoms with E-state index in [1.165, 1.54) is 13.1 Å². The number of Topliss-reactive ketones (excluding diaryl/α,β-unsaturated/α-hetero) is 1. The Bertz CT molecular complexity index is 635. The number of ether oxygens (including phenoxy) is 1. The molecule has 2 rings (SSSR count). The van der Waals surface area contributed by atoms with Gasteiger partial charge >= 0.3 is 5.97 Å². The number of aliphatic carboxylic acids is 1. The third-order valence-corrected chi connectivity index (χ3v) is 2.64. The van der Waals surface area contributed by atoms with Crippen LogP contribution in [0.4, 0.5) is 0 Å². The van der Waals surface area contributed by atoms with Crippen LogP contribution in [0.15, 0.2) is 42.6 Å². The predicted molar refractivity (Wildman–Crippen MR) is 72.1 cm³/mol. The normalized spacial score (nSPS) is 10.1. The number of carbonyl (C=O) groups excluding carboxylic acids is 1. The van der Waals surface area contributed by atoms with Crippen molar-refractivity contribution in [1.82, 2.24) is 4.98 Å². The molecule has 2 aromatic rings. The number of hydrogen-bond acceptors (Lipinski definition) is 4. The first kappa shape index (κ1) is 13.7. The summed E-state index contributed by atoms with van der Waals surface area (Å²) < 4.78 is 5.61. The minimum Gasteiger partial charge on any atom is -0.481 e. The summed E-state index contributed by atoms with van der Waals surface area (Å²) in [5, 5.41) is 8.85. The lowest BCUT2D eigenvalue weighted by Gasteiger charge is -2.09. The smallest absolute Gasteiger partial charge is 0.307 e. The molecule has 0 atom stereocenters. The van der Waals surface area contributed by atoms with Gasteiger partial charge in [-0.05, 0) is 18.2 Å². The maximum absolute atomic E-state index is 11.1. The highest BCUT2D eigenvalue weighted by Gasteiger charge is 2.09. The van der Waals surface area contributed by atoms with Crippen LogP contribution < -0.4 is 4.74 Å². The van der Waals surface area contributed by atoms with Crippen molar-refractivity contribution < 1.29 is 19.4 Å². The average molecular weight is 271 g/mol. The molecule has 0 fully saturated rings. The molecule has 1 aromatic carbocycles. The minimum absolute atomic E-state index is 0.116. The Morgan fingerprint density at radius 3 is 2.55 bits per heavy atom. The third kappa shape index (κ3) is 3.41. The number of carboxylic acids is 1. The van der Waals surface area contributed by atoms with Crippen molar-refractivity contribution in [2.75, 3.05) is 0 Å². The van der Waals surface area contributed by atoms with Gasteiger partial charge in [0.15, 0.2) is 5.78 Å². The number of para-hydroxylation sites is 1. The summed E-state index contributed by atoms with van der Waals surface area (Å²) in [6.45, 7) is 1.44. The number of carboxylic acid groups (broad SMARTS) is 1. The molecular weight excluding hydrogens is 258 g/mol. The van der Waals surface area contributed by atoms with Crippen molar-refractivity contribution >= 4 is 11.8 Å². The molecule has 0 unspecified atom stereocenters. The summed E-state index contributed by atoms with van der Waals surface area (Å²) in [6.07, 6.45) is 1.32. The highest BCUT2D eigenvalue weighted by Crippen LogP contribution is 2.25. The van der Waals surface area contributed by atoms with Crippen molar-refractivity contribution in [3.05, 3.63) is 53.9 Å². The van der Waals surface area contributed by atoms with E-state index in [0.29, 0.717) is 22.8 Å². The highest BCUT2D eigenvalue weighted by atomic mass is 16.5. The van der Waals surface area contributed by atoms with Crippen LogP contribution in [-0.2, 0) is 11.2 Å². The molecule has 0 saturated heterocycles.